The van der Waals surface area contributed by atoms with Crippen molar-refractivity contribution in [2.24, 2.45) is 5.92 Å². The fourth-order valence-corrected chi connectivity index (χ4v) is 2.86. The number of carboxylic acids is 1. The van der Waals surface area contributed by atoms with Crippen LogP contribution in [0.4, 0.5) is 23.1 Å². The van der Waals surface area contributed by atoms with E-state index in [4.69, 9.17) is 5.11 Å². The molecular weight excluding hydrogens is 340 g/mol. The van der Waals surface area contributed by atoms with Gasteiger partial charge in [0.1, 0.15) is 12.1 Å². The summed E-state index contributed by atoms with van der Waals surface area (Å²) in [7, 11) is 0. The van der Waals surface area contributed by atoms with Crippen LogP contribution in [0.25, 0.3) is 0 Å². The first-order valence-electron chi connectivity index (χ1n) is 8.12. The molecule has 3 heterocycles. The lowest BCUT2D eigenvalue weighted by molar-refractivity contribution is -0.383. The van der Waals surface area contributed by atoms with Gasteiger partial charge in [-0.1, -0.05) is 6.07 Å². The van der Waals surface area contributed by atoms with Gasteiger partial charge in [-0.3, -0.25) is 14.9 Å². The second-order valence-electron chi connectivity index (χ2n) is 6.10. The van der Waals surface area contributed by atoms with Gasteiger partial charge in [-0.2, -0.15) is 0 Å². The summed E-state index contributed by atoms with van der Waals surface area (Å²) >= 11 is 0. The highest BCUT2D eigenvalue weighted by Gasteiger charge is 2.31. The summed E-state index contributed by atoms with van der Waals surface area (Å²) in [5.41, 5.74) is 0.721. The molecule has 26 heavy (non-hydrogen) atoms. The number of nitrogens with one attached hydrogen (secondary N) is 1. The number of anilines is 3. The fraction of sp³-hybridized carbons (Fsp3) is 0.375. The van der Waals surface area contributed by atoms with E-state index in [0.29, 0.717) is 31.7 Å². The molecule has 136 valence electrons. The Balaban J connectivity index is 1.88. The maximum absolute atomic E-state index is 11.6. The van der Waals surface area contributed by atoms with Crippen molar-refractivity contribution in [1.82, 2.24) is 15.0 Å². The van der Waals surface area contributed by atoms with Gasteiger partial charge in [-0.25, -0.2) is 15.0 Å². The quantitative estimate of drug-likeness (QED) is 0.608. The lowest BCUT2D eigenvalue weighted by Gasteiger charge is -2.30. The molecular formula is C16H18N6O4. The van der Waals surface area contributed by atoms with Crippen LogP contribution in [0.1, 0.15) is 18.4 Å². The van der Waals surface area contributed by atoms with E-state index in [9.17, 15) is 14.9 Å². The molecule has 0 aromatic carbocycles. The number of hydrogen-bond donors (Lipinski definition) is 2. The average molecular weight is 358 g/mol. The van der Waals surface area contributed by atoms with Crippen LogP contribution in [0.5, 0.6) is 0 Å². The zero-order valence-corrected chi connectivity index (χ0v) is 14.1. The molecule has 1 fully saturated rings. The molecule has 0 aliphatic carbocycles. The van der Waals surface area contributed by atoms with Crippen LogP contribution >= 0.6 is 0 Å². The van der Waals surface area contributed by atoms with E-state index in [0.717, 1.165) is 5.56 Å². The molecule has 3 rings (SSSR count). The first-order chi connectivity index (χ1) is 12.5. The highest BCUT2D eigenvalue weighted by Crippen LogP contribution is 2.35. The number of aliphatic carboxylic acids is 1. The van der Waals surface area contributed by atoms with Gasteiger partial charge in [-0.15, -0.1) is 0 Å². The van der Waals surface area contributed by atoms with Gasteiger partial charge in [-0.05, 0) is 31.4 Å². The van der Waals surface area contributed by atoms with Crippen molar-refractivity contribution in [3.05, 3.63) is 40.3 Å². The summed E-state index contributed by atoms with van der Waals surface area (Å²) in [6.07, 6.45) is 3.73. The monoisotopic (exact) mass is 358 g/mol. The molecule has 2 N–H and O–H groups in total. The minimum absolute atomic E-state index is 0.0525. The summed E-state index contributed by atoms with van der Waals surface area (Å²) in [5, 5.41) is 23.6. The second kappa shape index (κ2) is 7.30. The van der Waals surface area contributed by atoms with Crippen LogP contribution in [0, 0.1) is 23.0 Å². The third-order valence-corrected chi connectivity index (χ3v) is 4.29. The summed E-state index contributed by atoms with van der Waals surface area (Å²) in [6, 6.07) is 3.54. The third kappa shape index (κ3) is 3.68. The Morgan fingerprint density at radius 2 is 2.04 bits per heavy atom. The predicted octanol–water partition coefficient (Wildman–Crippen LogP) is 2.13. The third-order valence-electron chi connectivity index (χ3n) is 4.29. The van der Waals surface area contributed by atoms with Crippen LogP contribution < -0.4 is 10.2 Å². The van der Waals surface area contributed by atoms with Crippen LogP contribution in [-0.2, 0) is 4.79 Å². The smallest absolute Gasteiger partial charge is 0.353 e. The summed E-state index contributed by atoms with van der Waals surface area (Å²) in [5.74, 6) is -0.593. The molecule has 1 aliphatic heterocycles. The summed E-state index contributed by atoms with van der Waals surface area (Å²) < 4.78 is 0. The van der Waals surface area contributed by atoms with Crippen LogP contribution in [-0.4, -0.2) is 44.0 Å². The minimum atomic E-state index is -0.838. The first-order valence-corrected chi connectivity index (χ1v) is 8.12. The zero-order valence-electron chi connectivity index (χ0n) is 14.1. The molecule has 2 aromatic rings. The van der Waals surface area contributed by atoms with Gasteiger partial charge >= 0.3 is 11.7 Å². The lowest BCUT2D eigenvalue weighted by Crippen LogP contribution is -2.37. The number of piperidine rings is 1. The molecule has 10 nitrogen and oxygen atoms in total. The molecule has 2 aromatic heterocycles. The molecule has 1 saturated heterocycles. The Labute approximate surface area is 149 Å². The van der Waals surface area contributed by atoms with Crippen molar-refractivity contribution in [1.29, 1.82) is 0 Å². The average Bonchev–Trinajstić information content (AvgIpc) is 2.63. The van der Waals surface area contributed by atoms with Crippen LogP contribution in [0.3, 0.4) is 0 Å². The number of nitro groups is 1. The standard InChI is InChI=1S/C16H18N6O4/c1-10-2-3-12(17-8-10)20-14-13(22(25)26)15(19-9-18-14)21-6-4-11(5-7-21)16(23)24/h2-3,8-9,11H,4-7H2,1H3,(H,23,24)(H,17,18,19,20). The number of pyridine rings is 1. The van der Waals surface area contributed by atoms with E-state index in [1.807, 2.05) is 13.0 Å². The van der Waals surface area contributed by atoms with E-state index >= 15 is 0 Å². The van der Waals surface area contributed by atoms with Crippen molar-refractivity contribution in [3.8, 4) is 0 Å². The topological polar surface area (TPSA) is 134 Å². The van der Waals surface area contributed by atoms with Crippen LogP contribution in [0.15, 0.2) is 24.7 Å². The number of carboxylic acid groups (broad SMARTS) is 1. The van der Waals surface area contributed by atoms with E-state index in [-0.39, 0.29) is 17.3 Å². The lowest BCUT2D eigenvalue weighted by atomic mass is 9.97. The number of nitrogens with zero attached hydrogens (tertiary/aromatic N) is 5. The fourth-order valence-electron chi connectivity index (χ4n) is 2.86. The number of aromatic nitrogens is 3. The van der Waals surface area contributed by atoms with Gasteiger partial charge in [0.15, 0.2) is 0 Å². The summed E-state index contributed by atoms with van der Waals surface area (Å²) in [6.45, 7) is 2.66. The minimum Gasteiger partial charge on any atom is -0.481 e. The largest absolute Gasteiger partial charge is 0.481 e. The Kier molecular flexibility index (Phi) is 4.92. The maximum atomic E-state index is 11.6. The molecule has 0 atom stereocenters. The number of rotatable bonds is 5. The van der Waals surface area contributed by atoms with E-state index in [2.05, 4.69) is 20.3 Å². The van der Waals surface area contributed by atoms with Crippen molar-refractivity contribution in [2.45, 2.75) is 19.8 Å². The number of hydrogen-bond acceptors (Lipinski definition) is 8. The molecule has 0 amide bonds. The van der Waals surface area contributed by atoms with Gasteiger partial charge in [0.05, 0.1) is 10.8 Å². The van der Waals surface area contributed by atoms with Gasteiger partial charge in [0.25, 0.3) is 0 Å². The zero-order chi connectivity index (χ0) is 18.7. The highest BCUT2D eigenvalue weighted by molar-refractivity contribution is 5.74. The van der Waals surface area contributed by atoms with E-state index in [1.54, 1.807) is 17.2 Å². The first kappa shape index (κ1) is 17.5. The SMILES string of the molecule is Cc1ccc(Nc2ncnc(N3CCC(C(=O)O)CC3)c2[N+](=O)[O-])nc1. The summed E-state index contributed by atoms with van der Waals surface area (Å²) in [4.78, 5) is 36.2. The maximum Gasteiger partial charge on any atom is 0.353 e. The Bertz CT molecular complexity index is 818. The second-order valence-corrected chi connectivity index (χ2v) is 6.10. The van der Waals surface area contributed by atoms with Crippen molar-refractivity contribution >= 4 is 29.1 Å². The van der Waals surface area contributed by atoms with Crippen molar-refractivity contribution < 1.29 is 14.8 Å². The predicted molar refractivity (Wildman–Crippen MR) is 93.5 cm³/mol. The number of aryl methyl sites for hydroxylation is 1. The van der Waals surface area contributed by atoms with Gasteiger partial charge < -0.3 is 15.3 Å². The van der Waals surface area contributed by atoms with Crippen molar-refractivity contribution in [3.63, 3.8) is 0 Å². The Morgan fingerprint density at radius 1 is 1.31 bits per heavy atom. The molecule has 10 heteroatoms. The normalized spacial score (nSPS) is 14.9. The van der Waals surface area contributed by atoms with E-state index in [1.165, 1.54) is 6.33 Å². The van der Waals surface area contributed by atoms with Crippen molar-refractivity contribution in [2.75, 3.05) is 23.3 Å². The molecule has 0 bridgehead atoms. The molecule has 0 spiro atoms. The van der Waals surface area contributed by atoms with Crippen LogP contribution in [0.2, 0.25) is 0 Å². The molecule has 0 radical (unpaired) electrons. The van der Waals surface area contributed by atoms with Gasteiger partial charge in [0.2, 0.25) is 11.6 Å². The number of carbonyl (C=O) groups is 1. The molecule has 1 aliphatic rings. The Morgan fingerprint density at radius 3 is 2.62 bits per heavy atom. The van der Waals surface area contributed by atoms with Gasteiger partial charge in [0, 0.05) is 19.3 Å². The Hall–Kier alpha value is -3.30. The highest BCUT2D eigenvalue weighted by atomic mass is 16.6. The molecule has 0 unspecified atom stereocenters. The molecule has 0 saturated carbocycles. The van der Waals surface area contributed by atoms with E-state index < -0.39 is 16.8 Å².